The first-order chi connectivity index (χ1) is 8.95. The predicted octanol–water partition coefficient (Wildman–Crippen LogP) is 2.02. The molecule has 0 unspecified atom stereocenters. The summed E-state index contributed by atoms with van der Waals surface area (Å²) >= 11 is 3.38. The molecule has 6 heteroatoms. The van der Waals surface area contributed by atoms with E-state index in [4.69, 9.17) is 0 Å². The highest BCUT2D eigenvalue weighted by atomic mass is 79.9. The fourth-order valence-electron chi connectivity index (χ4n) is 1.35. The standard InChI is InChI=1S/C13H14BrNO4/c1-15(8-9-5-3-4-6-10(9)14)12(17)7-11(16)13(18)19-2/h3-7,16H,8H2,1-2H3. The zero-order valence-electron chi connectivity index (χ0n) is 10.6. The van der Waals surface area contributed by atoms with Gasteiger partial charge in [0.05, 0.1) is 13.2 Å². The number of rotatable bonds is 4. The maximum atomic E-state index is 11.8. The van der Waals surface area contributed by atoms with E-state index in [1.54, 1.807) is 7.05 Å². The quantitative estimate of drug-likeness (QED) is 0.522. The lowest BCUT2D eigenvalue weighted by Gasteiger charge is -2.16. The van der Waals surface area contributed by atoms with Crippen molar-refractivity contribution in [2.75, 3.05) is 14.2 Å². The van der Waals surface area contributed by atoms with Crippen molar-refractivity contribution in [3.05, 3.63) is 46.1 Å². The topological polar surface area (TPSA) is 66.8 Å². The fourth-order valence-corrected chi connectivity index (χ4v) is 1.76. The normalized spacial score (nSPS) is 11.0. The Hall–Kier alpha value is -1.82. The van der Waals surface area contributed by atoms with Gasteiger partial charge < -0.3 is 14.7 Å². The fraction of sp³-hybridized carbons (Fsp3) is 0.231. The number of methoxy groups -OCH3 is 1. The van der Waals surface area contributed by atoms with Crippen LogP contribution in [-0.2, 0) is 20.9 Å². The largest absolute Gasteiger partial charge is 0.502 e. The summed E-state index contributed by atoms with van der Waals surface area (Å²) in [5.74, 6) is -2.15. The summed E-state index contributed by atoms with van der Waals surface area (Å²) in [5, 5.41) is 9.29. The maximum Gasteiger partial charge on any atom is 0.373 e. The number of aliphatic hydroxyl groups excluding tert-OH is 1. The van der Waals surface area contributed by atoms with Crippen molar-refractivity contribution in [2.45, 2.75) is 6.54 Å². The summed E-state index contributed by atoms with van der Waals surface area (Å²) in [6.07, 6.45) is 0.836. The van der Waals surface area contributed by atoms with Crippen molar-refractivity contribution in [1.29, 1.82) is 0 Å². The van der Waals surface area contributed by atoms with Gasteiger partial charge in [-0.05, 0) is 11.6 Å². The van der Waals surface area contributed by atoms with Crippen LogP contribution >= 0.6 is 15.9 Å². The number of carbonyl (C=O) groups excluding carboxylic acids is 2. The van der Waals surface area contributed by atoms with E-state index in [9.17, 15) is 14.7 Å². The Morgan fingerprint density at radius 2 is 2.05 bits per heavy atom. The van der Waals surface area contributed by atoms with Gasteiger partial charge in [-0.1, -0.05) is 34.1 Å². The van der Waals surface area contributed by atoms with Gasteiger partial charge in [0, 0.05) is 18.1 Å². The van der Waals surface area contributed by atoms with Crippen LogP contribution < -0.4 is 0 Å². The van der Waals surface area contributed by atoms with E-state index in [1.807, 2.05) is 24.3 Å². The molecule has 1 N–H and O–H groups in total. The van der Waals surface area contributed by atoms with E-state index < -0.39 is 17.6 Å². The van der Waals surface area contributed by atoms with Crippen molar-refractivity contribution in [3.63, 3.8) is 0 Å². The molecule has 0 heterocycles. The summed E-state index contributed by atoms with van der Waals surface area (Å²) in [5.41, 5.74) is 0.921. The average molecular weight is 328 g/mol. The lowest BCUT2D eigenvalue weighted by Crippen LogP contribution is -2.25. The van der Waals surface area contributed by atoms with E-state index in [-0.39, 0.29) is 0 Å². The highest BCUT2D eigenvalue weighted by molar-refractivity contribution is 9.10. The molecular weight excluding hydrogens is 314 g/mol. The zero-order valence-corrected chi connectivity index (χ0v) is 12.2. The Kier molecular flexibility index (Phi) is 5.57. The van der Waals surface area contributed by atoms with Gasteiger partial charge in [0.15, 0.2) is 0 Å². The summed E-state index contributed by atoms with van der Waals surface area (Å²) in [7, 11) is 2.70. The second-order valence-corrected chi connectivity index (χ2v) is 4.66. The molecule has 1 rings (SSSR count). The smallest absolute Gasteiger partial charge is 0.373 e. The molecule has 1 amide bonds. The minimum Gasteiger partial charge on any atom is -0.502 e. The minimum atomic E-state index is -0.942. The first-order valence-electron chi connectivity index (χ1n) is 5.43. The van der Waals surface area contributed by atoms with E-state index in [0.29, 0.717) is 6.54 Å². The lowest BCUT2D eigenvalue weighted by atomic mass is 10.2. The number of esters is 1. The van der Waals surface area contributed by atoms with Crippen LogP contribution in [0.3, 0.4) is 0 Å². The number of ether oxygens (including phenoxy) is 1. The lowest BCUT2D eigenvalue weighted by molar-refractivity contribution is -0.139. The van der Waals surface area contributed by atoms with Crippen molar-refractivity contribution in [2.24, 2.45) is 0 Å². The van der Waals surface area contributed by atoms with Crippen LogP contribution in [0.4, 0.5) is 0 Å². The monoisotopic (exact) mass is 327 g/mol. The van der Waals surface area contributed by atoms with E-state index in [2.05, 4.69) is 20.7 Å². The maximum absolute atomic E-state index is 11.8. The number of hydrogen-bond acceptors (Lipinski definition) is 4. The van der Waals surface area contributed by atoms with Crippen LogP contribution in [0.15, 0.2) is 40.6 Å². The summed E-state index contributed by atoms with van der Waals surface area (Å²) in [6.45, 7) is 0.352. The number of amides is 1. The Morgan fingerprint density at radius 3 is 2.63 bits per heavy atom. The molecule has 1 aromatic carbocycles. The van der Waals surface area contributed by atoms with Crippen LogP contribution in [-0.4, -0.2) is 36.0 Å². The van der Waals surface area contributed by atoms with Crippen LogP contribution in [0.5, 0.6) is 0 Å². The number of nitrogens with zero attached hydrogens (tertiary/aromatic N) is 1. The van der Waals surface area contributed by atoms with Gasteiger partial charge in [-0.2, -0.15) is 0 Å². The molecule has 5 nitrogen and oxygen atoms in total. The molecule has 0 aliphatic rings. The molecule has 0 aromatic heterocycles. The van der Waals surface area contributed by atoms with Crippen LogP contribution in [0, 0.1) is 0 Å². The number of likely N-dealkylation sites (N-methyl/N-ethyl adjacent to an activating group) is 1. The molecule has 0 atom stereocenters. The molecule has 0 saturated heterocycles. The molecule has 0 saturated carbocycles. The first-order valence-corrected chi connectivity index (χ1v) is 6.22. The number of aliphatic hydroxyl groups is 1. The summed E-state index contributed by atoms with van der Waals surface area (Å²) in [6, 6.07) is 7.48. The SMILES string of the molecule is COC(=O)C(O)=CC(=O)N(C)Cc1ccccc1Br. The third-order valence-electron chi connectivity index (χ3n) is 2.40. The van der Waals surface area contributed by atoms with E-state index in [0.717, 1.165) is 23.2 Å². The third kappa shape index (κ3) is 4.40. The number of benzene rings is 1. The number of halogens is 1. The van der Waals surface area contributed by atoms with Gasteiger partial charge in [0.25, 0.3) is 5.91 Å². The molecule has 1 aromatic rings. The molecule has 102 valence electrons. The second-order valence-electron chi connectivity index (χ2n) is 3.81. The van der Waals surface area contributed by atoms with E-state index in [1.165, 1.54) is 4.90 Å². The average Bonchev–Trinajstić information content (AvgIpc) is 2.40. The zero-order chi connectivity index (χ0) is 14.4. The molecule has 0 radical (unpaired) electrons. The van der Waals surface area contributed by atoms with Gasteiger partial charge >= 0.3 is 5.97 Å². The van der Waals surface area contributed by atoms with Crippen molar-refractivity contribution in [1.82, 2.24) is 4.90 Å². The Labute approximate surface area is 119 Å². The molecule has 0 fully saturated rings. The van der Waals surface area contributed by atoms with Gasteiger partial charge in [0.2, 0.25) is 5.76 Å². The van der Waals surface area contributed by atoms with Gasteiger partial charge in [-0.15, -0.1) is 0 Å². The molecule has 19 heavy (non-hydrogen) atoms. The molecule has 0 aliphatic heterocycles. The Morgan fingerprint density at radius 1 is 1.42 bits per heavy atom. The van der Waals surface area contributed by atoms with Gasteiger partial charge in [-0.25, -0.2) is 4.79 Å². The third-order valence-corrected chi connectivity index (χ3v) is 3.17. The molecular formula is C13H14BrNO4. The first kappa shape index (κ1) is 15.2. The predicted molar refractivity (Wildman–Crippen MR) is 73.3 cm³/mol. The van der Waals surface area contributed by atoms with Crippen molar-refractivity contribution >= 4 is 27.8 Å². The molecule has 0 spiro atoms. The summed E-state index contributed by atoms with van der Waals surface area (Å²) < 4.78 is 5.18. The highest BCUT2D eigenvalue weighted by Gasteiger charge is 2.13. The Balaban J connectivity index is 2.74. The summed E-state index contributed by atoms with van der Waals surface area (Å²) in [4.78, 5) is 24.1. The molecule has 0 aliphatic carbocycles. The molecule has 0 bridgehead atoms. The minimum absolute atomic E-state index is 0.352. The van der Waals surface area contributed by atoms with Crippen molar-refractivity contribution < 1.29 is 19.4 Å². The van der Waals surface area contributed by atoms with Crippen molar-refractivity contribution in [3.8, 4) is 0 Å². The highest BCUT2D eigenvalue weighted by Crippen LogP contribution is 2.17. The number of carbonyl (C=O) groups is 2. The Bertz CT molecular complexity index is 513. The van der Waals surface area contributed by atoms with Gasteiger partial charge in [-0.3, -0.25) is 4.79 Å². The van der Waals surface area contributed by atoms with E-state index >= 15 is 0 Å². The number of hydrogen-bond donors (Lipinski definition) is 1. The van der Waals surface area contributed by atoms with Crippen LogP contribution in [0.2, 0.25) is 0 Å². The van der Waals surface area contributed by atoms with Crippen LogP contribution in [0.25, 0.3) is 0 Å². The second kappa shape index (κ2) is 6.94. The van der Waals surface area contributed by atoms with Gasteiger partial charge in [0.1, 0.15) is 0 Å². The van der Waals surface area contributed by atoms with Crippen LogP contribution in [0.1, 0.15) is 5.56 Å².